The SMILES string of the molecule is CCCc1cccc(-c2cnc(N3CCC(CCN(C)C)CC3)c(=O)n2CC(=O)NC(C)C)c1. The second kappa shape index (κ2) is 12.2. The van der Waals surface area contributed by atoms with Crippen LogP contribution in [0.2, 0.25) is 0 Å². The van der Waals surface area contributed by atoms with Gasteiger partial charge in [-0.25, -0.2) is 4.98 Å². The van der Waals surface area contributed by atoms with E-state index in [0.29, 0.717) is 17.4 Å². The lowest BCUT2D eigenvalue weighted by Crippen LogP contribution is -2.42. The summed E-state index contributed by atoms with van der Waals surface area (Å²) in [5, 5.41) is 2.92. The molecule has 3 rings (SSSR count). The molecule has 7 nitrogen and oxygen atoms in total. The van der Waals surface area contributed by atoms with Gasteiger partial charge in [0.2, 0.25) is 5.91 Å². The molecule has 0 radical (unpaired) electrons. The molecule has 2 aromatic rings. The number of nitrogens with zero attached hydrogens (tertiary/aromatic N) is 4. The largest absolute Gasteiger partial charge is 0.352 e. The van der Waals surface area contributed by atoms with Gasteiger partial charge in [-0.15, -0.1) is 0 Å². The number of piperidine rings is 1. The molecule has 1 aromatic heterocycles. The second-order valence-electron chi connectivity index (χ2n) is 10.1. The standard InChI is InChI=1S/C27H41N5O2/c1-6-8-22-9-7-10-23(17-22)24-18-28-26(27(34)32(24)19-25(33)29-20(2)3)31-15-12-21(13-16-31)11-14-30(4)5/h7,9-10,17-18,20-21H,6,8,11-16,19H2,1-5H3,(H,29,33). The minimum atomic E-state index is -0.191. The molecule has 2 heterocycles. The minimum Gasteiger partial charge on any atom is -0.352 e. The number of nitrogens with one attached hydrogen (secondary N) is 1. The fourth-order valence-electron chi connectivity index (χ4n) is 4.64. The topological polar surface area (TPSA) is 70.5 Å². The zero-order valence-corrected chi connectivity index (χ0v) is 21.5. The van der Waals surface area contributed by atoms with Gasteiger partial charge in [0.15, 0.2) is 5.82 Å². The lowest BCUT2D eigenvalue weighted by Gasteiger charge is -2.33. The summed E-state index contributed by atoms with van der Waals surface area (Å²) >= 11 is 0. The van der Waals surface area contributed by atoms with Crippen LogP contribution in [-0.2, 0) is 17.8 Å². The lowest BCUT2D eigenvalue weighted by molar-refractivity contribution is -0.122. The molecular weight excluding hydrogens is 426 g/mol. The molecule has 0 spiro atoms. The molecule has 1 N–H and O–H groups in total. The Kier molecular flexibility index (Phi) is 9.28. The first-order chi connectivity index (χ1) is 16.3. The minimum absolute atomic E-state index is 0.0147. The van der Waals surface area contributed by atoms with Gasteiger partial charge in [-0.2, -0.15) is 0 Å². The van der Waals surface area contributed by atoms with E-state index in [2.05, 4.69) is 53.3 Å². The molecule has 0 bridgehead atoms. The van der Waals surface area contributed by atoms with E-state index in [1.54, 1.807) is 10.8 Å². The van der Waals surface area contributed by atoms with Crippen LogP contribution in [-0.4, -0.2) is 60.1 Å². The smallest absolute Gasteiger partial charge is 0.294 e. The van der Waals surface area contributed by atoms with Crippen LogP contribution in [0.3, 0.4) is 0 Å². The zero-order chi connectivity index (χ0) is 24.7. The number of aryl methyl sites for hydroxylation is 1. The van der Waals surface area contributed by atoms with Gasteiger partial charge in [0.05, 0.1) is 11.9 Å². The van der Waals surface area contributed by atoms with Gasteiger partial charge in [0, 0.05) is 24.7 Å². The van der Waals surface area contributed by atoms with E-state index in [1.165, 1.54) is 12.0 Å². The van der Waals surface area contributed by atoms with Gasteiger partial charge in [-0.05, 0) is 77.7 Å². The molecule has 0 unspecified atom stereocenters. The Morgan fingerprint density at radius 1 is 1.24 bits per heavy atom. The number of amides is 1. The van der Waals surface area contributed by atoms with E-state index >= 15 is 0 Å². The van der Waals surface area contributed by atoms with Gasteiger partial charge in [0.25, 0.3) is 5.56 Å². The molecular formula is C27H41N5O2. The van der Waals surface area contributed by atoms with Crippen molar-refractivity contribution in [1.82, 2.24) is 19.8 Å². The zero-order valence-electron chi connectivity index (χ0n) is 21.5. The second-order valence-corrected chi connectivity index (χ2v) is 10.1. The quantitative estimate of drug-likeness (QED) is 0.579. The number of carbonyl (C=O) groups excluding carboxylic acids is 1. The van der Waals surface area contributed by atoms with Crippen molar-refractivity contribution < 1.29 is 4.79 Å². The van der Waals surface area contributed by atoms with Gasteiger partial charge in [0.1, 0.15) is 6.54 Å². The van der Waals surface area contributed by atoms with Crippen LogP contribution in [0, 0.1) is 5.92 Å². The summed E-state index contributed by atoms with van der Waals surface area (Å²) in [4.78, 5) is 35.3. The van der Waals surface area contributed by atoms with E-state index in [1.807, 2.05) is 26.0 Å². The number of benzene rings is 1. The van der Waals surface area contributed by atoms with Crippen LogP contribution in [0.5, 0.6) is 0 Å². The monoisotopic (exact) mass is 467 g/mol. The highest BCUT2D eigenvalue weighted by Gasteiger charge is 2.24. The van der Waals surface area contributed by atoms with E-state index < -0.39 is 0 Å². The normalized spacial score (nSPS) is 14.7. The highest BCUT2D eigenvalue weighted by atomic mass is 16.2. The first-order valence-electron chi connectivity index (χ1n) is 12.7. The summed E-state index contributed by atoms with van der Waals surface area (Å²) in [6, 6.07) is 8.22. The molecule has 1 fully saturated rings. The van der Waals surface area contributed by atoms with Crippen LogP contribution in [0.25, 0.3) is 11.3 Å². The number of aromatic nitrogens is 2. The summed E-state index contributed by atoms with van der Waals surface area (Å²) in [6.07, 6.45) is 7.09. The fourth-order valence-corrected chi connectivity index (χ4v) is 4.64. The first-order valence-corrected chi connectivity index (χ1v) is 12.7. The van der Waals surface area contributed by atoms with Gasteiger partial charge < -0.3 is 15.1 Å². The Morgan fingerprint density at radius 3 is 2.62 bits per heavy atom. The summed E-state index contributed by atoms with van der Waals surface area (Å²) in [5.41, 5.74) is 2.63. The van der Waals surface area contributed by atoms with E-state index in [-0.39, 0.29) is 24.1 Å². The third-order valence-electron chi connectivity index (χ3n) is 6.45. The summed E-state index contributed by atoms with van der Waals surface area (Å²) in [7, 11) is 4.22. The van der Waals surface area contributed by atoms with Crippen molar-refractivity contribution >= 4 is 11.7 Å². The third kappa shape index (κ3) is 6.92. The van der Waals surface area contributed by atoms with E-state index in [9.17, 15) is 9.59 Å². The Labute approximate surface area is 204 Å². The van der Waals surface area contributed by atoms with Crippen molar-refractivity contribution in [3.63, 3.8) is 0 Å². The summed E-state index contributed by atoms with van der Waals surface area (Å²) < 4.78 is 1.60. The van der Waals surface area contributed by atoms with Crippen molar-refractivity contribution in [2.24, 2.45) is 5.92 Å². The molecule has 0 atom stereocenters. The lowest BCUT2D eigenvalue weighted by atomic mass is 9.93. The summed E-state index contributed by atoms with van der Waals surface area (Å²) in [5.74, 6) is 0.970. The van der Waals surface area contributed by atoms with Gasteiger partial charge >= 0.3 is 0 Å². The van der Waals surface area contributed by atoms with Crippen molar-refractivity contribution in [2.45, 2.75) is 65.5 Å². The third-order valence-corrected chi connectivity index (χ3v) is 6.45. The Hall–Kier alpha value is -2.67. The van der Waals surface area contributed by atoms with Gasteiger partial charge in [-0.3, -0.25) is 14.2 Å². The molecule has 1 amide bonds. The number of carbonyl (C=O) groups is 1. The van der Waals surface area contributed by atoms with Crippen LogP contribution in [0.1, 0.15) is 52.0 Å². The maximum atomic E-state index is 13.7. The number of anilines is 1. The van der Waals surface area contributed by atoms with Crippen LogP contribution in [0.4, 0.5) is 5.82 Å². The Morgan fingerprint density at radius 2 is 1.97 bits per heavy atom. The molecule has 186 valence electrons. The fraction of sp³-hybridized carbons (Fsp3) is 0.593. The Balaban J connectivity index is 1.90. The predicted octanol–water partition coefficient (Wildman–Crippen LogP) is 3.56. The van der Waals surface area contributed by atoms with Crippen molar-refractivity contribution in [3.8, 4) is 11.3 Å². The predicted molar refractivity (Wildman–Crippen MR) is 139 cm³/mol. The van der Waals surface area contributed by atoms with Crippen LogP contribution < -0.4 is 15.8 Å². The first kappa shape index (κ1) is 25.9. The van der Waals surface area contributed by atoms with Crippen LogP contribution in [0.15, 0.2) is 35.3 Å². The maximum absolute atomic E-state index is 13.7. The van der Waals surface area contributed by atoms with Crippen molar-refractivity contribution in [3.05, 3.63) is 46.4 Å². The summed E-state index contributed by atoms with van der Waals surface area (Å²) in [6.45, 7) is 8.72. The maximum Gasteiger partial charge on any atom is 0.294 e. The highest BCUT2D eigenvalue weighted by molar-refractivity contribution is 5.77. The molecule has 1 aliphatic heterocycles. The molecule has 1 aromatic carbocycles. The average molecular weight is 468 g/mol. The van der Waals surface area contributed by atoms with Crippen molar-refractivity contribution in [1.29, 1.82) is 0 Å². The number of hydrogen-bond acceptors (Lipinski definition) is 5. The Bertz CT molecular complexity index is 1010. The number of rotatable bonds is 10. The highest BCUT2D eigenvalue weighted by Crippen LogP contribution is 2.25. The van der Waals surface area contributed by atoms with Crippen molar-refractivity contribution in [2.75, 3.05) is 38.6 Å². The van der Waals surface area contributed by atoms with Gasteiger partial charge in [-0.1, -0.05) is 31.5 Å². The van der Waals surface area contributed by atoms with E-state index in [0.717, 1.165) is 50.9 Å². The number of hydrogen-bond donors (Lipinski definition) is 1. The molecule has 7 heteroatoms. The molecule has 0 saturated carbocycles. The van der Waals surface area contributed by atoms with E-state index in [4.69, 9.17) is 0 Å². The molecule has 34 heavy (non-hydrogen) atoms. The molecule has 1 aliphatic rings. The molecule has 1 saturated heterocycles. The van der Waals surface area contributed by atoms with Crippen LogP contribution >= 0.6 is 0 Å². The average Bonchev–Trinajstić information content (AvgIpc) is 2.79. The molecule has 0 aliphatic carbocycles.